The van der Waals surface area contributed by atoms with Gasteiger partial charge in [-0.2, -0.15) is 23.1 Å². The minimum absolute atomic E-state index is 0.257. The molecular formula is C10H6BrF3N4O. The Bertz CT molecular complexity index is 683. The third-order valence-electron chi connectivity index (χ3n) is 2.21. The molecule has 0 fully saturated rings. The highest BCUT2D eigenvalue weighted by Gasteiger charge is 2.34. The molecule has 0 aliphatic heterocycles. The number of aromatic amines is 1. The first-order valence-corrected chi connectivity index (χ1v) is 5.67. The fourth-order valence-corrected chi connectivity index (χ4v) is 1.85. The van der Waals surface area contributed by atoms with Crippen LogP contribution in [0.25, 0.3) is 11.4 Å². The number of H-pyrrole nitrogens is 1. The molecule has 19 heavy (non-hydrogen) atoms. The van der Waals surface area contributed by atoms with Gasteiger partial charge in [-0.3, -0.25) is 4.98 Å². The Balaban J connectivity index is 2.72. The Morgan fingerprint density at radius 1 is 1.26 bits per heavy atom. The molecule has 3 N–H and O–H groups in total. The lowest BCUT2D eigenvalue weighted by atomic mass is 10.1. The number of halogens is 4. The van der Waals surface area contributed by atoms with Gasteiger partial charge in [0.05, 0.1) is 5.56 Å². The summed E-state index contributed by atoms with van der Waals surface area (Å²) in [6, 6.07) is 3.48. The van der Waals surface area contributed by atoms with E-state index >= 15 is 0 Å². The average Bonchev–Trinajstić information content (AvgIpc) is 2.26. The summed E-state index contributed by atoms with van der Waals surface area (Å²) in [4.78, 5) is 20.1. The molecule has 0 radical (unpaired) electrons. The number of nitrogens with one attached hydrogen (secondary N) is 1. The fraction of sp³-hybridized carbons (Fsp3) is 0.100. The second kappa shape index (κ2) is 4.65. The van der Waals surface area contributed by atoms with Crippen LogP contribution in [0.5, 0.6) is 0 Å². The summed E-state index contributed by atoms with van der Waals surface area (Å²) in [6.07, 6.45) is -4.59. The number of alkyl halides is 3. The van der Waals surface area contributed by atoms with Gasteiger partial charge in [0.2, 0.25) is 5.95 Å². The van der Waals surface area contributed by atoms with Crippen LogP contribution >= 0.6 is 15.9 Å². The molecule has 1 heterocycles. The highest BCUT2D eigenvalue weighted by atomic mass is 79.9. The molecule has 0 spiro atoms. The summed E-state index contributed by atoms with van der Waals surface area (Å²) in [5.74, 6) is -0.674. The maximum atomic E-state index is 12.9. The zero-order valence-electron chi connectivity index (χ0n) is 9.12. The van der Waals surface area contributed by atoms with Crippen LogP contribution < -0.4 is 11.4 Å². The van der Waals surface area contributed by atoms with E-state index in [1.165, 1.54) is 12.1 Å². The number of rotatable bonds is 1. The molecule has 2 rings (SSSR count). The second-order valence-electron chi connectivity index (χ2n) is 3.55. The maximum absolute atomic E-state index is 12.9. The molecule has 0 aliphatic rings. The highest BCUT2D eigenvalue weighted by molar-refractivity contribution is 9.10. The fourth-order valence-electron chi connectivity index (χ4n) is 1.49. The minimum Gasteiger partial charge on any atom is -0.368 e. The molecule has 0 amide bonds. The average molecular weight is 335 g/mol. The lowest BCUT2D eigenvalue weighted by Gasteiger charge is -2.12. The number of hydrogen-bond acceptors (Lipinski definition) is 4. The van der Waals surface area contributed by atoms with Crippen molar-refractivity contribution in [2.24, 2.45) is 0 Å². The summed E-state index contributed by atoms with van der Waals surface area (Å²) < 4.78 is 39.0. The zero-order valence-corrected chi connectivity index (χ0v) is 10.7. The number of benzene rings is 1. The molecule has 100 valence electrons. The number of anilines is 1. The third-order valence-corrected chi connectivity index (χ3v) is 2.70. The first-order valence-electron chi connectivity index (χ1n) is 4.88. The van der Waals surface area contributed by atoms with E-state index in [2.05, 4.69) is 30.9 Å². The van der Waals surface area contributed by atoms with Crippen LogP contribution in [0, 0.1) is 0 Å². The standard InChI is InChI=1S/C10H6BrF3N4O/c11-4-1-2-5(6(3-4)10(12,13)14)7-16-8(15)18-9(19)17-7/h1-3H,(H3,15,16,17,18,19). The molecule has 1 aromatic heterocycles. The summed E-state index contributed by atoms with van der Waals surface area (Å²) in [6.45, 7) is 0. The van der Waals surface area contributed by atoms with E-state index < -0.39 is 23.4 Å². The van der Waals surface area contributed by atoms with Crippen molar-refractivity contribution >= 4 is 21.9 Å². The van der Waals surface area contributed by atoms with Gasteiger partial charge in [0, 0.05) is 10.0 Å². The van der Waals surface area contributed by atoms with Gasteiger partial charge in [-0.1, -0.05) is 15.9 Å². The van der Waals surface area contributed by atoms with Gasteiger partial charge in [0.15, 0.2) is 0 Å². The molecule has 0 unspecified atom stereocenters. The summed E-state index contributed by atoms with van der Waals surface area (Å²) in [5, 5.41) is 0. The number of nitrogens with two attached hydrogens (primary N) is 1. The van der Waals surface area contributed by atoms with Crippen LogP contribution in [-0.4, -0.2) is 15.0 Å². The Labute approximate surface area is 112 Å². The van der Waals surface area contributed by atoms with E-state index in [0.29, 0.717) is 0 Å². The van der Waals surface area contributed by atoms with Gasteiger partial charge < -0.3 is 5.73 Å². The first kappa shape index (κ1) is 13.5. The van der Waals surface area contributed by atoms with Crippen LogP contribution in [0.2, 0.25) is 0 Å². The monoisotopic (exact) mass is 334 g/mol. The Kier molecular flexibility index (Phi) is 3.31. The van der Waals surface area contributed by atoms with Crippen molar-refractivity contribution < 1.29 is 13.2 Å². The quantitative estimate of drug-likeness (QED) is 0.837. The molecule has 0 saturated carbocycles. The summed E-state index contributed by atoms with van der Waals surface area (Å²) in [5.41, 5.74) is 3.18. The predicted octanol–water partition coefficient (Wildman–Crippen LogP) is 2.20. The SMILES string of the molecule is Nc1nc(-c2ccc(Br)cc2C(F)(F)F)[nH]c(=O)n1. The Hall–Kier alpha value is -1.90. The molecular weight excluding hydrogens is 329 g/mol. The lowest BCUT2D eigenvalue weighted by molar-refractivity contribution is -0.137. The topological polar surface area (TPSA) is 84.7 Å². The van der Waals surface area contributed by atoms with Crippen LogP contribution in [0.3, 0.4) is 0 Å². The van der Waals surface area contributed by atoms with Gasteiger partial charge in [-0.25, -0.2) is 4.79 Å². The number of hydrogen-bond donors (Lipinski definition) is 2. The molecule has 0 aliphatic carbocycles. The van der Waals surface area contributed by atoms with Crippen molar-refractivity contribution in [2.75, 3.05) is 5.73 Å². The zero-order chi connectivity index (χ0) is 14.2. The van der Waals surface area contributed by atoms with Crippen molar-refractivity contribution in [1.82, 2.24) is 15.0 Å². The lowest BCUT2D eigenvalue weighted by Crippen LogP contribution is -2.17. The van der Waals surface area contributed by atoms with Gasteiger partial charge in [0.25, 0.3) is 0 Å². The minimum atomic E-state index is -4.59. The van der Waals surface area contributed by atoms with Gasteiger partial charge in [-0.15, -0.1) is 0 Å². The molecule has 0 atom stereocenters. The van der Waals surface area contributed by atoms with Gasteiger partial charge in [-0.05, 0) is 18.2 Å². The number of aromatic nitrogens is 3. The Morgan fingerprint density at radius 2 is 1.95 bits per heavy atom. The van der Waals surface area contributed by atoms with E-state index in [4.69, 9.17) is 5.73 Å². The van der Waals surface area contributed by atoms with Crippen LogP contribution in [0.1, 0.15) is 5.56 Å². The van der Waals surface area contributed by atoms with Gasteiger partial charge >= 0.3 is 11.9 Å². The maximum Gasteiger partial charge on any atom is 0.417 e. The van der Waals surface area contributed by atoms with E-state index in [1.807, 2.05) is 0 Å². The van der Waals surface area contributed by atoms with Crippen molar-refractivity contribution in [1.29, 1.82) is 0 Å². The molecule has 2 aromatic rings. The third kappa shape index (κ3) is 2.92. The molecule has 5 nitrogen and oxygen atoms in total. The van der Waals surface area contributed by atoms with Crippen molar-refractivity contribution in [3.8, 4) is 11.4 Å². The largest absolute Gasteiger partial charge is 0.417 e. The number of nitrogens with zero attached hydrogens (tertiary/aromatic N) is 2. The first-order chi connectivity index (χ1) is 8.77. The normalized spacial score (nSPS) is 11.6. The summed E-state index contributed by atoms with van der Waals surface area (Å²) in [7, 11) is 0. The smallest absolute Gasteiger partial charge is 0.368 e. The van der Waals surface area contributed by atoms with Crippen molar-refractivity contribution in [3.63, 3.8) is 0 Å². The van der Waals surface area contributed by atoms with E-state index in [-0.39, 0.29) is 15.9 Å². The molecule has 0 bridgehead atoms. The van der Waals surface area contributed by atoms with Crippen molar-refractivity contribution in [2.45, 2.75) is 6.18 Å². The van der Waals surface area contributed by atoms with E-state index in [0.717, 1.165) is 6.07 Å². The number of nitrogen functional groups attached to an aromatic ring is 1. The summed E-state index contributed by atoms with van der Waals surface area (Å²) >= 11 is 2.96. The second-order valence-corrected chi connectivity index (χ2v) is 4.46. The molecule has 9 heteroatoms. The van der Waals surface area contributed by atoms with Crippen LogP contribution in [-0.2, 0) is 6.18 Å². The van der Waals surface area contributed by atoms with Crippen LogP contribution in [0.15, 0.2) is 27.5 Å². The van der Waals surface area contributed by atoms with E-state index in [1.54, 1.807) is 0 Å². The highest BCUT2D eigenvalue weighted by Crippen LogP contribution is 2.37. The molecule has 0 saturated heterocycles. The van der Waals surface area contributed by atoms with Crippen LogP contribution in [0.4, 0.5) is 19.1 Å². The Morgan fingerprint density at radius 3 is 2.53 bits per heavy atom. The van der Waals surface area contributed by atoms with Gasteiger partial charge in [0.1, 0.15) is 5.82 Å². The van der Waals surface area contributed by atoms with E-state index in [9.17, 15) is 18.0 Å². The molecule has 1 aromatic carbocycles. The van der Waals surface area contributed by atoms with Crippen molar-refractivity contribution in [3.05, 3.63) is 38.7 Å². The predicted molar refractivity (Wildman–Crippen MR) is 65.2 cm³/mol.